The van der Waals surface area contributed by atoms with Crippen molar-refractivity contribution in [2.75, 3.05) is 0 Å². The van der Waals surface area contributed by atoms with E-state index in [1.54, 1.807) is 11.3 Å². The SMILES string of the molecule is Cc1csc2oc(Cl)cc12. The Kier molecular flexibility index (Phi) is 1.25. The van der Waals surface area contributed by atoms with Crippen LogP contribution in [0.2, 0.25) is 5.22 Å². The van der Waals surface area contributed by atoms with Gasteiger partial charge in [0.2, 0.25) is 0 Å². The molecular weight excluding hydrogens is 168 g/mol. The van der Waals surface area contributed by atoms with Gasteiger partial charge in [-0.05, 0) is 29.5 Å². The topological polar surface area (TPSA) is 13.1 Å². The van der Waals surface area contributed by atoms with Gasteiger partial charge in [0.1, 0.15) is 0 Å². The summed E-state index contributed by atoms with van der Waals surface area (Å²) in [5, 5.41) is 3.67. The van der Waals surface area contributed by atoms with Crippen LogP contribution in [0.5, 0.6) is 0 Å². The van der Waals surface area contributed by atoms with Crippen molar-refractivity contribution in [3.8, 4) is 0 Å². The zero-order chi connectivity index (χ0) is 7.14. The molecule has 2 rings (SSSR count). The number of thiophene rings is 1. The quantitative estimate of drug-likeness (QED) is 0.593. The van der Waals surface area contributed by atoms with Crippen LogP contribution in [0.1, 0.15) is 5.56 Å². The minimum Gasteiger partial charge on any atom is -0.434 e. The van der Waals surface area contributed by atoms with Crippen LogP contribution in [-0.2, 0) is 0 Å². The molecule has 0 amide bonds. The largest absolute Gasteiger partial charge is 0.434 e. The molecule has 3 heteroatoms. The van der Waals surface area contributed by atoms with E-state index in [9.17, 15) is 0 Å². The molecule has 0 radical (unpaired) electrons. The summed E-state index contributed by atoms with van der Waals surface area (Å²) in [7, 11) is 0. The standard InChI is InChI=1S/C7H5ClOS/c1-4-3-10-7-5(4)2-6(8)9-7/h2-3H,1H3. The molecule has 2 heterocycles. The molecule has 0 aromatic carbocycles. The predicted molar refractivity (Wildman–Crippen MR) is 43.8 cm³/mol. The molecule has 2 aromatic heterocycles. The van der Waals surface area contributed by atoms with Gasteiger partial charge in [-0.15, -0.1) is 11.3 Å². The molecule has 0 unspecified atom stereocenters. The van der Waals surface area contributed by atoms with E-state index in [0.29, 0.717) is 5.22 Å². The number of fused-ring (bicyclic) bond motifs is 1. The van der Waals surface area contributed by atoms with E-state index in [2.05, 4.69) is 5.38 Å². The maximum absolute atomic E-state index is 5.64. The van der Waals surface area contributed by atoms with Gasteiger partial charge in [-0.3, -0.25) is 0 Å². The molecule has 0 N–H and O–H groups in total. The van der Waals surface area contributed by atoms with Crippen molar-refractivity contribution in [1.29, 1.82) is 0 Å². The van der Waals surface area contributed by atoms with E-state index in [0.717, 1.165) is 10.3 Å². The van der Waals surface area contributed by atoms with Crippen LogP contribution in [0.25, 0.3) is 10.3 Å². The van der Waals surface area contributed by atoms with Crippen LogP contribution in [0.4, 0.5) is 0 Å². The van der Waals surface area contributed by atoms with Gasteiger partial charge in [0, 0.05) is 11.5 Å². The van der Waals surface area contributed by atoms with Crippen molar-refractivity contribution in [2.45, 2.75) is 6.92 Å². The molecule has 0 saturated carbocycles. The fourth-order valence-corrected chi connectivity index (χ4v) is 2.04. The predicted octanol–water partition coefficient (Wildman–Crippen LogP) is 3.46. The number of aryl methyl sites for hydroxylation is 1. The normalized spacial score (nSPS) is 11.0. The Labute approximate surface area is 67.2 Å². The monoisotopic (exact) mass is 172 g/mol. The van der Waals surface area contributed by atoms with E-state index in [1.807, 2.05) is 13.0 Å². The Morgan fingerprint density at radius 2 is 2.40 bits per heavy atom. The molecule has 0 aliphatic rings. The van der Waals surface area contributed by atoms with Crippen molar-refractivity contribution in [3.63, 3.8) is 0 Å². The Hall–Kier alpha value is -0.470. The van der Waals surface area contributed by atoms with E-state index in [4.69, 9.17) is 16.0 Å². The summed E-state index contributed by atoms with van der Waals surface area (Å²) >= 11 is 7.22. The molecule has 0 aliphatic heterocycles. The number of hydrogen-bond acceptors (Lipinski definition) is 2. The smallest absolute Gasteiger partial charge is 0.195 e. The first-order valence-electron chi connectivity index (χ1n) is 2.90. The van der Waals surface area contributed by atoms with Crippen LogP contribution >= 0.6 is 22.9 Å². The summed E-state index contributed by atoms with van der Waals surface area (Å²) in [4.78, 5) is 0.919. The summed E-state index contributed by atoms with van der Waals surface area (Å²) in [5.74, 6) is 0. The highest BCUT2D eigenvalue weighted by Crippen LogP contribution is 2.30. The van der Waals surface area contributed by atoms with Crippen LogP contribution < -0.4 is 0 Å². The third-order valence-corrected chi connectivity index (χ3v) is 2.61. The zero-order valence-corrected chi connectivity index (χ0v) is 6.92. The molecule has 0 fully saturated rings. The first kappa shape index (κ1) is 6.25. The van der Waals surface area contributed by atoms with Crippen molar-refractivity contribution < 1.29 is 4.42 Å². The first-order valence-corrected chi connectivity index (χ1v) is 4.16. The van der Waals surface area contributed by atoms with Gasteiger partial charge >= 0.3 is 0 Å². The average Bonchev–Trinajstić information content (AvgIpc) is 2.35. The Bertz CT molecular complexity index is 360. The summed E-state index contributed by atoms with van der Waals surface area (Å²) < 4.78 is 5.17. The van der Waals surface area contributed by atoms with Crippen molar-refractivity contribution in [3.05, 3.63) is 22.2 Å². The number of halogens is 1. The molecule has 2 aromatic rings. The van der Waals surface area contributed by atoms with Crippen molar-refractivity contribution >= 4 is 33.2 Å². The second-order valence-electron chi connectivity index (χ2n) is 2.17. The van der Waals surface area contributed by atoms with Gasteiger partial charge < -0.3 is 4.42 Å². The molecule has 0 spiro atoms. The van der Waals surface area contributed by atoms with Crippen molar-refractivity contribution in [1.82, 2.24) is 0 Å². The summed E-state index contributed by atoms with van der Waals surface area (Å²) in [6.45, 7) is 2.05. The average molecular weight is 173 g/mol. The molecule has 0 saturated heterocycles. The van der Waals surface area contributed by atoms with Gasteiger partial charge in [0.05, 0.1) is 0 Å². The van der Waals surface area contributed by atoms with Crippen LogP contribution in [0.3, 0.4) is 0 Å². The minimum atomic E-state index is 0.477. The fourth-order valence-electron chi connectivity index (χ4n) is 0.913. The lowest BCUT2D eigenvalue weighted by atomic mass is 10.3. The summed E-state index contributed by atoms with van der Waals surface area (Å²) in [6, 6.07) is 1.85. The third-order valence-electron chi connectivity index (χ3n) is 1.44. The van der Waals surface area contributed by atoms with Gasteiger partial charge in [-0.1, -0.05) is 0 Å². The van der Waals surface area contributed by atoms with Gasteiger partial charge in [0.25, 0.3) is 0 Å². The summed E-state index contributed by atoms with van der Waals surface area (Å²) in [6.07, 6.45) is 0. The second-order valence-corrected chi connectivity index (χ2v) is 3.39. The highest BCUT2D eigenvalue weighted by atomic mass is 35.5. The molecule has 0 aliphatic carbocycles. The van der Waals surface area contributed by atoms with Gasteiger partial charge in [-0.2, -0.15) is 0 Å². The minimum absolute atomic E-state index is 0.477. The first-order chi connectivity index (χ1) is 4.77. The highest BCUT2D eigenvalue weighted by Gasteiger charge is 2.04. The van der Waals surface area contributed by atoms with Crippen LogP contribution in [0.15, 0.2) is 15.9 Å². The van der Waals surface area contributed by atoms with E-state index >= 15 is 0 Å². The van der Waals surface area contributed by atoms with E-state index in [-0.39, 0.29) is 0 Å². The van der Waals surface area contributed by atoms with Gasteiger partial charge in [0.15, 0.2) is 10.1 Å². The Morgan fingerprint density at radius 1 is 1.60 bits per heavy atom. The molecule has 0 bridgehead atoms. The molecule has 1 nitrogen and oxygen atoms in total. The second kappa shape index (κ2) is 2.01. The number of rotatable bonds is 0. The third kappa shape index (κ3) is 0.762. The number of hydrogen-bond donors (Lipinski definition) is 0. The highest BCUT2D eigenvalue weighted by molar-refractivity contribution is 7.16. The summed E-state index contributed by atoms with van der Waals surface area (Å²) in [5.41, 5.74) is 1.23. The number of furan rings is 1. The lowest BCUT2D eigenvalue weighted by molar-refractivity contribution is 0.626. The van der Waals surface area contributed by atoms with Crippen LogP contribution in [0, 0.1) is 6.92 Å². The fraction of sp³-hybridized carbons (Fsp3) is 0.143. The van der Waals surface area contributed by atoms with E-state index in [1.165, 1.54) is 5.56 Å². The van der Waals surface area contributed by atoms with E-state index < -0.39 is 0 Å². The van der Waals surface area contributed by atoms with Crippen molar-refractivity contribution in [2.24, 2.45) is 0 Å². The molecule has 52 valence electrons. The maximum atomic E-state index is 5.64. The Morgan fingerprint density at radius 3 is 3.10 bits per heavy atom. The molecule has 0 atom stereocenters. The molecule has 10 heavy (non-hydrogen) atoms. The lowest BCUT2D eigenvalue weighted by Crippen LogP contribution is -1.56. The van der Waals surface area contributed by atoms with Gasteiger partial charge in [-0.25, -0.2) is 0 Å². The molecular formula is C7H5ClOS. The lowest BCUT2D eigenvalue weighted by Gasteiger charge is -1.74. The Balaban J connectivity index is 2.90. The van der Waals surface area contributed by atoms with Crippen LogP contribution in [-0.4, -0.2) is 0 Å². The maximum Gasteiger partial charge on any atom is 0.195 e. The zero-order valence-electron chi connectivity index (χ0n) is 5.35.